The molecule has 0 saturated carbocycles. The van der Waals surface area contributed by atoms with Gasteiger partial charge in [0.1, 0.15) is 11.5 Å². The predicted molar refractivity (Wildman–Crippen MR) is 102 cm³/mol. The van der Waals surface area contributed by atoms with Crippen molar-refractivity contribution in [1.82, 2.24) is 10.2 Å². The Labute approximate surface area is 156 Å². The second-order valence-corrected chi connectivity index (χ2v) is 7.09. The van der Waals surface area contributed by atoms with Gasteiger partial charge in [-0.3, -0.25) is 9.69 Å². The molecule has 1 fully saturated rings. The summed E-state index contributed by atoms with van der Waals surface area (Å²) >= 11 is 0. The van der Waals surface area contributed by atoms with E-state index < -0.39 is 0 Å². The number of morpholine rings is 1. The van der Waals surface area contributed by atoms with Gasteiger partial charge in [-0.25, -0.2) is 0 Å². The number of hydrogen-bond donors (Lipinski definition) is 1. The van der Waals surface area contributed by atoms with E-state index in [1.165, 1.54) is 0 Å². The normalized spacial score (nSPS) is 16.3. The Morgan fingerprint density at radius 2 is 1.96 bits per heavy atom. The molecular formula is C20H32N2O4. The minimum absolute atomic E-state index is 0.00971. The van der Waals surface area contributed by atoms with Gasteiger partial charge >= 0.3 is 0 Å². The monoisotopic (exact) mass is 364 g/mol. The maximum Gasteiger partial charge on any atom is 0.224 e. The third-order valence-electron chi connectivity index (χ3n) is 4.69. The third kappa shape index (κ3) is 6.18. The van der Waals surface area contributed by atoms with Gasteiger partial charge in [0.25, 0.3) is 0 Å². The predicted octanol–water partition coefficient (Wildman–Crippen LogP) is 2.11. The average Bonchev–Trinajstić information content (AvgIpc) is 2.65. The minimum atomic E-state index is 0.00971. The number of hydrogen-bond acceptors (Lipinski definition) is 5. The number of ether oxygens (including phenoxy) is 3. The summed E-state index contributed by atoms with van der Waals surface area (Å²) in [7, 11) is 3.22. The first-order valence-corrected chi connectivity index (χ1v) is 9.33. The molecule has 1 aliphatic rings. The van der Waals surface area contributed by atoms with Gasteiger partial charge in [0.2, 0.25) is 5.91 Å². The molecule has 6 heteroatoms. The van der Waals surface area contributed by atoms with Gasteiger partial charge in [-0.2, -0.15) is 0 Å². The molecule has 26 heavy (non-hydrogen) atoms. The summed E-state index contributed by atoms with van der Waals surface area (Å²) in [5.74, 6) is 1.98. The quantitative estimate of drug-likeness (QED) is 0.727. The van der Waals surface area contributed by atoms with E-state index >= 15 is 0 Å². The zero-order valence-electron chi connectivity index (χ0n) is 16.4. The van der Waals surface area contributed by atoms with Crippen LogP contribution in [0.25, 0.3) is 0 Å². The largest absolute Gasteiger partial charge is 0.497 e. The second kappa shape index (κ2) is 10.4. The molecule has 2 rings (SSSR count). The van der Waals surface area contributed by atoms with E-state index in [0.29, 0.717) is 30.7 Å². The minimum Gasteiger partial charge on any atom is -0.497 e. The van der Waals surface area contributed by atoms with Gasteiger partial charge in [0, 0.05) is 37.3 Å². The smallest absolute Gasteiger partial charge is 0.224 e. The Balaban J connectivity index is 1.92. The fourth-order valence-corrected chi connectivity index (χ4v) is 3.31. The number of rotatable bonds is 9. The molecule has 1 aromatic rings. The van der Waals surface area contributed by atoms with Gasteiger partial charge in [-0.1, -0.05) is 19.9 Å². The summed E-state index contributed by atoms with van der Waals surface area (Å²) < 4.78 is 16.0. The molecule has 1 unspecified atom stereocenters. The van der Waals surface area contributed by atoms with Crippen LogP contribution in [-0.2, 0) is 16.0 Å². The van der Waals surface area contributed by atoms with E-state index in [4.69, 9.17) is 14.2 Å². The Kier molecular flexibility index (Phi) is 8.19. The molecule has 1 amide bonds. The standard InChI is InChI=1S/C20H32N2O4/c1-15(2)11-17(22-7-9-26-10-8-22)14-21-20(23)12-16-5-6-18(24-3)13-19(16)25-4/h5-6,13,15,17H,7-12,14H2,1-4H3,(H,21,23). The van der Waals surface area contributed by atoms with Crippen LogP contribution in [-0.4, -0.2) is 63.9 Å². The summed E-state index contributed by atoms with van der Waals surface area (Å²) in [4.78, 5) is 14.9. The molecule has 1 heterocycles. The Hall–Kier alpha value is -1.79. The summed E-state index contributed by atoms with van der Waals surface area (Å²) in [6, 6.07) is 5.88. The van der Waals surface area contributed by atoms with Gasteiger partial charge in [-0.05, 0) is 18.4 Å². The number of nitrogens with zero attached hydrogens (tertiary/aromatic N) is 1. The summed E-state index contributed by atoms with van der Waals surface area (Å²) in [6.45, 7) is 8.50. The molecule has 0 bridgehead atoms. The number of carbonyl (C=O) groups is 1. The summed E-state index contributed by atoms with van der Waals surface area (Å²) in [5, 5.41) is 3.11. The molecule has 146 valence electrons. The Bertz CT molecular complexity index is 571. The Morgan fingerprint density at radius 3 is 2.58 bits per heavy atom. The number of benzene rings is 1. The highest BCUT2D eigenvalue weighted by atomic mass is 16.5. The van der Waals surface area contributed by atoms with Crippen molar-refractivity contribution in [3.8, 4) is 11.5 Å². The van der Waals surface area contributed by atoms with Gasteiger partial charge in [-0.15, -0.1) is 0 Å². The molecular weight excluding hydrogens is 332 g/mol. The topological polar surface area (TPSA) is 60.0 Å². The first-order chi connectivity index (χ1) is 12.5. The number of amides is 1. The lowest BCUT2D eigenvalue weighted by Gasteiger charge is -2.35. The zero-order valence-corrected chi connectivity index (χ0v) is 16.4. The van der Waals surface area contributed by atoms with Crippen molar-refractivity contribution >= 4 is 5.91 Å². The SMILES string of the molecule is COc1ccc(CC(=O)NCC(CC(C)C)N2CCOCC2)c(OC)c1. The van der Waals surface area contributed by atoms with Gasteiger partial charge < -0.3 is 19.5 Å². The first kappa shape index (κ1) is 20.5. The molecule has 1 aromatic carbocycles. The Morgan fingerprint density at radius 1 is 1.23 bits per heavy atom. The van der Waals surface area contributed by atoms with E-state index in [9.17, 15) is 4.79 Å². The van der Waals surface area contributed by atoms with Crippen molar-refractivity contribution in [2.24, 2.45) is 5.92 Å². The maximum absolute atomic E-state index is 12.5. The lowest BCUT2D eigenvalue weighted by molar-refractivity contribution is -0.120. The van der Waals surface area contributed by atoms with Crippen LogP contribution < -0.4 is 14.8 Å². The summed E-state index contributed by atoms with van der Waals surface area (Å²) in [6.07, 6.45) is 1.36. The zero-order chi connectivity index (χ0) is 18.9. The van der Waals surface area contributed by atoms with Crippen LogP contribution in [0.1, 0.15) is 25.8 Å². The van der Waals surface area contributed by atoms with Crippen LogP contribution in [0.4, 0.5) is 0 Å². The van der Waals surface area contributed by atoms with Gasteiger partial charge in [0.05, 0.1) is 33.9 Å². The van der Waals surface area contributed by atoms with Crippen molar-refractivity contribution in [3.05, 3.63) is 23.8 Å². The number of carbonyl (C=O) groups excluding carboxylic acids is 1. The van der Waals surface area contributed by atoms with E-state index in [0.717, 1.165) is 44.0 Å². The highest BCUT2D eigenvalue weighted by Gasteiger charge is 2.22. The fourth-order valence-electron chi connectivity index (χ4n) is 3.31. The van der Waals surface area contributed by atoms with Crippen molar-refractivity contribution in [2.45, 2.75) is 32.7 Å². The van der Waals surface area contributed by atoms with Crippen molar-refractivity contribution in [1.29, 1.82) is 0 Å². The van der Waals surface area contributed by atoms with Gasteiger partial charge in [0.15, 0.2) is 0 Å². The van der Waals surface area contributed by atoms with E-state index in [1.807, 2.05) is 12.1 Å². The molecule has 1 aliphatic heterocycles. The van der Waals surface area contributed by atoms with E-state index in [1.54, 1.807) is 20.3 Å². The molecule has 0 aromatic heterocycles. The fraction of sp³-hybridized carbons (Fsp3) is 0.650. The first-order valence-electron chi connectivity index (χ1n) is 9.33. The van der Waals surface area contributed by atoms with Crippen LogP contribution >= 0.6 is 0 Å². The van der Waals surface area contributed by atoms with Crippen LogP contribution in [0, 0.1) is 5.92 Å². The molecule has 1 atom stereocenters. The third-order valence-corrected chi connectivity index (χ3v) is 4.69. The highest BCUT2D eigenvalue weighted by Crippen LogP contribution is 2.25. The van der Waals surface area contributed by atoms with Crippen LogP contribution in [0.2, 0.25) is 0 Å². The average molecular weight is 364 g/mol. The van der Waals surface area contributed by atoms with Crippen molar-refractivity contribution in [2.75, 3.05) is 47.1 Å². The molecule has 1 saturated heterocycles. The molecule has 1 N–H and O–H groups in total. The highest BCUT2D eigenvalue weighted by molar-refractivity contribution is 5.79. The van der Waals surface area contributed by atoms with E-state index in [-0.39, 0.29) is 5.91 Å². The maximum atomic E-state index is 12.5. The molecule has 6 nitrogen and oxygen atoms in total. The van der Waals surface area contributed by atoms with Crippen molar-refractivity contribution in [3.63, 3.8) is 0 Å². The van der Waals surface area contributed by atoms with Crippen LogP contribution in [0.5, 0.6) is 11.5 Å². The molecule has 0 aliphatic carbocycles. The van der Waals surface area contributed by atoms with Crippen LogP contribution in [0.15, 0.2) is 18.2 Å². The lowest BCUT2D eigenvalue weighted by atomic mass is 10.0. The molecule has 0 spiro atoms. The summed E-state index contributed by atoms with van der Waals surface area (Å²) in [5.41, 5.74) is 0.859. The van der Waals surface area contributed by atoms with E-state index in [2.05, 4.69) is 24.1 Å². The van der Waals surface area contributed by atoms with Crippen LogP contribution in [0.3, 0.4) is 0 Å². The number of nitrogens with one attached hydrogen (secondary N) is 1. The lowest BCUT2D eigenvalue weighted by Crippen LogP contribution is -2.49. The second-order valence-electron chi connectivity index (χ2n) is 7.09. The van der Waals surface area contributed by atoms with Crippen molar-refractivity contribution < 1.29 is 19.0 Å². The number of methoxy groups -OCH3 is 2. The molecule has 0 radical (unpaired) electrons.